The number of benzene rings is 2. The fourth-order valence-electron chi connectivity index (χ4n) is 4.32. The van der Waals surface area contributed by atoms with E-state index in [0.29, 0.717) is 30.9 Å². The lowest BCUT2D eigenvalue weighted by molar-refractivity contribution is -0.150. The van der Waals surface area contributed by atoms with Gasteiger partial charge in [0, 0.05) is 31.3 Å². The minimum Gasteiger partial charge on any atom is -0.607 e. The number of aliphatic hydroxyl groups excluding tert-OH is 1. The van der Waals surface area contributed by atoms with Crippen molar-refractivity contribution in [3.05, 3.63) is 59.7 Å². The molecule has 4 rings (SSSR count). The molecule has 1 fully saturated rings. The summed E-state index contributed by atoms with van der Waals surface area (Å²) < 4.78 is 43.9. The van der Waals surface area contributed by atoms with Gasteiger partial charge in [-0.2, -0.15) is 8.78 Å². The molecule has 1 unspecified atom stereocenters. The molecular formula is C23H26F2N2O4S. The topological polar surface area (TPSA) is 76.1 Å². The van der Waals surface area contributed by atoms with Gasteiger partial charge in [-0.1, -0.05) is 30.3 Å². The van der Waals surface area contributed by atoms with Gasteiger partial charge in [0.15, 0.2) is 4.90 Å². The summed E-state index contributed by atoms with van der Waals surface area (Å²) in [4.78, 5) is 16.7. The van der Waals surface area contributed by atoms with Crippen LogP contribution in [-0.2, 0) is 22.5 Å². The fraction of sp³-hybridized carbons (Fsp3) is 0.435. The first kappa shape index (κ1) is 23.0. The van der Waals surface area contributed by atoms with Crippen LogP contribution in [0.3, 0.4) is 0 Å². The van der Waals surface area contributed by atoms with Gasteiger partial charge < -0.3 is 19.3 Å². The van der Waals surface area contributed by atoms with Gasteiger partial charge in [-0.15, -0.1) is 0 Å². The maximum Gasteiger partial charge on any atom is 0.402 e. The van der Waals surface area contributed by atoms with E-state index in [1.54, 1.807) is 18.7 Å². The second-order valence-corrected chi connectivity index (χ2v) is 10.1. The Morgan fingerprint density at radius 3 is 2.59 bits per heavy atom. The standard InChI is InChI=1S/C23H26F2N2O4S/c1-23(2)21(29)20(17-12-16(32(30)22(24)25)8-9-18(17)31-23)27-11-10-26(14-19(27)28)13-15-6-4-3-5-7-15/h3-9,12,20-22,29H,10-11,13-14H2,1-2H3/t20-,21+,32?/m1/s1. The number of carbonyl (C=O) groups excluding carboxylic acids is 1. The van der Waals surface area contributed by atoms with Crippen LogP contribution in [0.2, 0.25) is 0 Å². The molecule has 2 aromatic carbocycles. The lowest BCUT2D eigenvalue weighted by atomic mass is 9.85. The smallest absolute Gasteiger partial charge is 0.402 e. The molecule has 2 aliphatic rings. The van der Waals surface area contributed by atoms with Crippen molar-refractivity contribution in [2.75, 3.05) is 19.6 Å². The molecular weight excluding hydrogens is 438 g/mol. The van der Waals surface area contributed by atoms with Crippen LogP contribution in [0.25, 0.3) is 0 Å². The highest BCUT2D eigenvalue weighted by atomic mass is 32.2. The van der Waals surface area contributed by atoms with Crippen molar-refractivity contribution in [2.24, 2.45) is 0 Å². The number of carbonyl (C=O) groups is 1. The number of rotatable bonds is 5. The van der Waals surface area contributed by atoms with E-state index >= 15 is 0 Å². The fourth-order valence-corrected chi connectivity index (χ4v) is 4.97. The highest BCUT2D eigenvalue weighted by Crippen LogP contribution is 2.44. The molecule has 0 saturated carbocycles. The number of piperazine rings is 1. The first-order valence-electron chi connectivity index (χ1n) is 10.4. The molecule has 9 heteroatoms. The Morgan fingerprint density at radius 2 is 1.94 bits per heavy atom. The Hall–Kier alpha value is -2.20. The summed E-state index contributed by atoms with van der Waals surface area (Å²) in [6.45, 7) is 5.21. The van der Waals surface area contributed by atoms with Gasteiger partial charge in [0.05, 0.1) is 23.8 Å². The zero-order valence-electron chi connectivity index (χ0n) is 17.9. The van der Waals surface area contributed by atoms with Crippen LogP contribution in [0, 0.1) is 0 Å². The Labute approximate surface area is 189 Å². The van der Waals surface area contributed by atoms with E-state index in [1.807, 2.05) is 35.2 Å². The second-order valence-electron chi connectivity index (χ2n) is 8.64. The molecule has 6 nitrogen and oxygen atoms in total. The molecule has 172 valence electrons. The van der Waals surface area contributed by atoms with Gasteiger partial charge in [0.1, 0.15) is 17.5 Å². The number of aliphatic hydroxyl groups is 1. The molecule has 2 aliphatic heterocycles. The van der Waals surface area contributed by atoms with Crippen molar-refractivity contribution in [2.45, 2.75) is 48.8 Å². The second kappa shape index (κ2) is 8.97. The molecule has 3 atom stereocenters. The number of hydrogen-bond acceptors (Lipinski definition) is 5. The van der Waals surface area contributed by atoms with Gasteiger partial charge in [-0.25, -0.2) is 0 Å². The van der Waals surface area contributed by atoms with Crippen LogP contribution in [0.1, 0.15) is 31.0 Å². The van der Waals surface area contributed by atoms with Crippen molar-refractivity contribution in [3.63, 3.8) is 0 Å². The summed E-state index contributed by atoms with van der Waals surface area (Å²) in [5.41, 5.74) is 0.501. The van der Waals surface area contributed by atoms with E-state index in [4.69, 9.17) is 4.74 Å². The van der Waals surface area contributed by atoms with Crippen molar-refractivity contribution in [3.8, 4) is 5.75 Å². The number of halogens is 2. The van der Waals surface area contributed by atoms with E-state index < -0.39 is 34.7 Å². The van der Waals surface area contributed by atoms with Crippen LogP contribution in [0.15, 0.2) is 53.4 Å². The monoisotopic (exact) mass is 464 g/mol. The third-order valence-electron chi connectivity index (χ3n) is 6.00. The number of nitrogens with zero attached hydrogens (tertiary/aromatic N) is 2. The maximum atomic E-state index is 13.1. The Balaban J connectivity index is 1.61. The number of fused-ring (bicyclic) bond motifs is 1. The summed E-state index contributed by atoms with van der Waals surface area (Å²) >= 11 is -2.50. The third-order valence-corrected chi connectivity index (χ3v) is 7.04. The van der Waals surface area contributed by atoms with Crippen LogP contribution >= 0.6 is 0 Å². The predicted molar refractivity (Wildman–Crippen MR) is 116 cm³/mol. The maximum absolute atomic E-state index is 13.1. The van der Waals surface area contributed by atoms with Gasteiger partial charge in [0.25, 0.3) is 0 Å². The van der Waals surface area contributed by atoms with E-state index in [1.165, 1.54) is 18.2 Å². The summed E-state index contributed by atoms with van der Waals surface area (Å²) in [5.74, 6) is -2.80. The highest BCUT2D eigenvalue weighted by Gasteiger charge is 2.48. The highest BCUT2D eigenvalue weighted by molar-refractivity contribution is 7.91. The quantitative estimate of drug-likeness (QED) is 0.689. The van der Waals surface area contributed by atoms with Crippen molar-refractivity contribution < 1.29 is 28.0 Å². The molecule has 32 heavy (non-hydrogen) atoms. The number of hydrogen-bond donors (Lipinski definition) is 1. The third kappa shape index (κ3) is 4.47. The molecule has 2 heterocycles. The Morgan fingerprint density at radius 1 is 1.22 bits per heavy atom. The van der Waals surface area contributed by atoms with Crippen LogP contribution in [0.4, 0.5) is 8.78 Å². The minimum absolute atomic E-state index is 0.0607. The molecule has 0 spiro atoms. The van der Waals surface area contributed by atoms with Crippen molar-refractivity contribution in [1.82, 2.24) is 9.80 Å². The average molecular weight is 465 g/mol. The van der Waals surface area contributed by atoms with Crippen LogP contribution in [-0.4, -0.2) is 62.5 Å². The van der Waals surface area contributed by atoms with Crippen molar-refractivity contribution in [1.29, 1.82) is 0 Å². The Bertz CT molecular complexity index is 976. The van der Waals surface area contributed by atoms with Gasteiger partial charge in [0.2, 0.25) is 5.91 Å². The largest absolute Gasteiger partial charge is 0.607 e. The average Bonchev–Trinajstić information content (AvgIpc) is 2.75. The lowest BCUT2D eigenvalue weighted by Gasteiger charge is -2.48. The molecule has 2 aromatic rings. The van der Waals surface area contributed by atoms with Crippen LogP contribution < -0.4 is 4.74 Å². The van der Waals surface area contributed by atoms with Crippen LogP contribution in [0.5, 0.6) is 5.75 Å². The van der Waals surface area contributed by atoms with E-state index in [-0.39, 0.29) is 17.3 Å². The minimum atomic E-state index is -3.03. The first-order valence-corrected chi connectivity index (χ1v) is 11.6. The lowest BCUT2D eigenvalue weighted by Crippen LogP contribution is -2.59. The molecule has 0 radical (unpaired) electrons. The Kier molecular flexibility index (Phi) is 6.44. The number of alkyl halides is 2. The molecule has 0 bridgehead atoms. The van der Waals surface area contributed by atoms with E-state index in [2.05, 4.69) is 0 Å². The predicted octanol–water partition coefficient (Wildman–Crippen LogP) is 2.93. The van der Waals surface area contributed by atoms with Gasteiger partial charge in [-0.05, 0) is 31.5 Å². The van der Waals surface area contributed by atoms with Crippen molar-refractivity contribution >= 4 is 17.1 Å². The number of ether oxygens (including phenoxy) is 1. The van der Waals surface area contributed by atoms with E-state index in [9.17, 15) is 23.2 Å². The summed E-state index contributed by atoms with van der Waals surface area (Å²) in [7, 11) is 0. The van der Waals surface area contributed by atoms with Gasteiger partial charge in [-0.3, -0.25) is 9.69 Å². The summed E-state index contributed by atoms with van der Waals surface area (Å²) in [6, 6.07) is 13.3. The molecule has 1 amide bonds. The molecule has 0 aliphatic carbocycles. The summed E-state index contributed by atoms with van der Waals surface area (Å²) in [6.07, 6.45) is -1.09. The number of amides is 1. The first-order chi connectivity index (χ1) is 15.2. The zero-order chi connectivity index (χ0) is 23.0. The zero-order valence-corrected chi connectivity index (χ0v) is 18.7. The molecule has 0 aromatic heterocycles. The SMILES string of the molecule is CC1(C)Oc2ccc([S+]([O-])C(F)F)cc2[C@@H](N2CCN(Cc3ccccc3)CC2=O)[C@@H]1O. The summed E-state index contributed by atoms with van der Waals surface area (Å²) in [5, 5.41) is 11.1. The molecule has 1 N–H and O–H groups in total. The molecule has 1 saturated heterocycles. The van der Waals surface area contributed by atoms with E-state index in [0.717, 1.165) is 5.56 Å². The normalized spacial score (nSPS) is 24.2. The van der Waals surface area contributed by atoms with Gasteiger partial charge >= 0.3 is 5.76 Å².